The summed E-state index contributed by atoms with van der Waals surface area (Å²) in [5.74, 6) is -0.422. The molecule has 0 saturated heterocycles. The Kier molecular flexibility index (Phi) is 4.62. The van der Waals surface area contributed by atoms with E-state index in [9.17, 15) is 13.2 Å². The Bertz CT molecular complexity index is 749. The molecule has 22 heavy (non-hydrogen) atoms. The van der Waals surface area contributed by atoms with Gasteiger partial charge in [-0.15, -0.1) is 0 Å². The average Bonchev–Trinajstić information content (AvgIpc) is 2.80. The lowest BCUT2D eigenvalue weighted by molar-refractivity contribution is -0.116. The Balaban J connectivity index is 2.09. The summed E-state index contributed by atoms with van der Waals surface area (Å²) in [6.45, 7) is 3.25. The third-order valence-corrected chi connectivity index (χ3v) is 5.03. The molecule has 2 rings (SSSR count). The number of aromatic amines is 1. The highest BCUT2D eigenvalue weighted by molar-refractivity contribution is 7.89. The van der Waals surface area contributed by atoms with Crippen molar-refractivity contribution in [2.75, 3.05) is 18.9 Å². The van der Waals surface area contributed by atoms with Gasteiger partial charge in [-0.1, -0.05) is 18.2 Å². The topological polar surface area (TPSA) is 95.2 Å². The number of sulfonamides is 1. The number of hydrogen-bond donors (Lipinski definition) is 2. The molecule has 2 aromatic rings. The zero-order chi connectivity index (χ0) is 16.3. The van der Waals surface area contributed by atoms with Crippen molar-refractivity contribution in [2.24, 2.45) is 0 Å². The highest BCUT2D eigenvalue weighted by Gasteiger charge is 2.23. The fraction of sp³-hybridized carbons (Fsp3) is 0.286. The molecule has 0 aliphatic carbocycles. The van der Waals surface area contributed by atoms with E-state index in [-0.39, 0.29) is 11.4 Å². The summed E-state index contributed by atoms with van der Waals surface area (Å²) < 4.78 is 25.7. The lowest BCUT2D eigenvalue weighted by atomic mass is 10.3. The van der Waals surface area contributed by atoms with Gasteiger partial charge < -0.3 is 5.32 Å². The van der Waals surface area contributed by atoms with E-state index >= 15 is 0 Å². The van der Waals surface area contributed by atoms with Crippen LogP contribution in [0, 0.1) is 13.8 Å². The fourth-order valence-electron chi connectivity index (χ4n) is 1.97. The van der Waals surface area contributed by atoms with Crippen molar-refractivity contribution in [1.82, 2.24) is 14.5 Å². The fourth-order valence-corrected chi connectivity index (χ4v) is 3.12. The van der Waals surface area contributed by atoms with Gasteiger partial charge in [-0.05, 0) is 26.0 Å². The van der Waals surface area contributed by atoms with Crippen molar-refractivity contribution < 1.29 is 13.2 Å². The Hall–Kier alpha value is -2.19. The van der Waals surface area contributed by atoms with Crippen LogP contribution < -0.4 is 5.32 Å². The van der Waals surface area contributed by atoms with E-state index in [0.29, 0.717) is 11.4 Å². The van der Waals surface area contributed by atoms with Crippen molar-refractivity contribution in [3.8, 4) is 0 Å². The molecule has 0 aliphatic rings. The predicted octanol–water partition coefficient (Wildman–Crippen LogP) is 1.29. The van der Waals surface area contributed by atoms with E-state index in [4.69, 9.17) is 0 Å². The maximum absolute atomic E-state index is 12.3. The van der Waals surface area contributed by atoms with Crippen LogP contribution in [-0.2, 0) is 14.8 Å². The number of H-pyrrole nitrogens is 1. The number of carbonyl (C=O) groups excluding carboxylic acids is 1. The molecular weight excluding hydrogens is 304 g/mol. The molecule has 118 valence electrons. The van der Waals surface area contributed by atoms with Gasteiger partial charge in [0, 0.05) is 7.05 Å². The summed E-state index contributed by atoms with van der Waals surface area (Å²) in [5, 5.41) is 9.40. The minimum atomic E-state index is -3.68. The Morgan fingerprint density at radius 1 is 1.27 bits per heavy atom. The number of aryl methyl sites for hydroxylation is 2. The zero-order valence-electron chi connectivity index (χ0n) is 12.6. The number of aromatic nitrogens is 2. The number of carbonyl (C=O) groups is 1. The molecule has 1 amide bonds. The highest BCUT2D eigenvalue weighted by atomic mass is 32.2. The minimum Gasteiger partial charge on any atom is -0.322 e. The molecule has 1 aromatic heterocycles. The number of anilines is 1. The quantitative estimate of drug-likeness (QED) is 0.867. The minimum absolute atomic E-state index is 0.154. The number of likely N-dealkylation sites (N-methyl/N-ethyl adjacent to an activating group) is 1. The molecular formula is C14H18N4O3S. The van der Waals surface area contributed by atoms with Gasteiger partial charge in [0.1, 0.15) is 0 Å². The van der Waals surface area contributed by atoms with E-state index in [1.165, 1.54) is 19.2 Å². The van der Waals surface area contributed by atoms with E-state index in [1.807, 2.05) is 0 Å². The van der Waals surface area contributed by atoms with Crippen LogP contribution in [0.1, 0.15) is 11.4 Å². The molecule has 1 heterocycles. The van der Waals surface area contributed by atoms with Gasteiger partial charge in [0.15, 0.2) is 0 Å². The van der Waals surface area contributed by atoms with Crippen molar-refractivity contribution in [1.29, 1.82) is 0 Å². The maximum Gasteiger partial charge on any atom is 0.243 e. The summed E-state index contributed by atoms with van der Waals surface area (Å²) in [6.07, 6.45) is 0. The number of amides is 1. The lowest BCUT2D eigenvalue weighted by Crippen LogP contribution is -2.35. The van der Waals surface area contributed by atoms with Crippen molar-refractivity contribution >= 4 is 21.6 Å². The number of nitrogens with zero attached hydrogens (tertiary/aromatic N) is 2. The lowest BCUT2D eigenvalue weighted by Gasteiger charge is -2.16. The van der Waals surface area contributed by atoms with Crippen molar-refractivity contribution in [3.05, 3.63) is 41.7 Å². The summed E-state index contributed by atoms with van der Waals surface area (Å²) in [7, 11) is -2.31. The maximum atomic E-state index is 12.3. The van der Waals surface area contributed by atoms with E-state index < -0.39 is 15.9 Å². The van der Waals surface area contributed by atoms with Gasteiger partial charge in [0.2, 0.25) is 15.9 Å². The van der Waals surface area contributed by atoms with Gasteiger partial charge in [-0.3, -0.25) is 9.89 Å². The predicted molar refractivity (Wildman–Crippen MR) is 82.9 cm³/mol. The van der Waals surface area contributed by atoms with Gasteiger partial charge in [0.25, 0.3) is 0 Å². The van der Waals surface area contributed by atoms with Gasteiger partial charge >= 0.3 is 0 Å². The molecule has 2 N–H and O–H groups in total. The Labute approximate surface area is 129 Å². The largest absolute Gasteiger partial charge is 0.322 e. The van der Waals surface area contributed by atoms with Crippen LogP contribution in [0.5, 0.6) is 0 Å². The third kappa shape index (κ3) is 3.34. The van der Waals surface area contributed by atoms with Gasteiger partial charge in [-0.2, -0.15) is 9.40 Å². The van der Waals surface area contributed by atoms with Crippen LogP contribution in [0.2, 0.25) is 0 Å². The molecule has 0 aliphatic heterocycles. The number of rotatable bonds is 5. The van der Waals surface area contributed by atoms with Crippen LogP contribution in [0.25, 0.3) is 0 Å². The van der Waals surface area contributed by atoms with Gasteiger partial charge in [-0.25, -0.2) is 8.42 Å². The van der Waals surface area contributed by atoms with Crippen LogP contribution >= 0.6 is 0 Å². The SMILES string of the molecule is Cc1n[nH]c(C)c1NC(=O)CN(C)S(=O)(=O)c1ccccc1. The molecule has 0 spiro atoms. The molecule has 0 saturated carbocycles. The van der Waals surface area contributed by atoms with E-state index in [1.54, 1.807) is 32.0 Å². The molecule has 8 heteroatoms. The zero-order valence-corrected chi connectivity index (χ0v) is 13.4. The Morgan fingerprint density at radius 2 is 1.91 bits per heavy atom. The summed E-state index contributed by atoms with van der Waals surface area (Å²) >= 11 is 0. The number of benzene rings is 1. The van der Waals surface area contributed by atoms with Gasteiger partial charge in [0.05, 0.1) is 28.5 Å². The van der Waals surface area contributed by atoms with Crippen LogP contribution in [0.4, 0.5) is 5.69 Å². The first-order valence-electron chi connectivity index (χ1n) is 6.65. The number of hydrogen-bond acceptors (Lipinski definition) is 4. The molecule has 0 bridgehead atoms. The standard InChI is InChI=1S/C14H18N4O3S/c1-10-14(11(2)17-16-10)15-13(19)9-18(3)22(20,21)12-7-5-4-6-8-12/h4-8H,9H2,1-3H3,(H,15,19)(H,16,17). The molecule has 0 fully saturated rings. The first-order chi connectivity index (χ1) is 10.3. The molecule has 0 unspecified atom stereocenters. The third-order valence-electron chi connectivity index (χ3n) is 3.21. The van der Waals surface area contributed by atoms with Crippen LogP contribution in [0.15, 0.2) is 35.2 Å². The van der Waals surface area contributed by atoms with Crippen LogP contribution in [0.3, 0.4) is 0 Å². The second kappa shape index (κ2) is 6.29. The summed E-state index contributed by atoms with van der Waals surface area (Å²) in [6, 6.07) is 8.00. The first kappa shape index (κ1) is 16.2. The normalized spacial score (nSPS) is 11.6. The number of nitrogens with one attached hydrogen (secondary N) is 2. The van der Waals surface area contributed by atoms with Crippen molar-refractivity contribution in [3.63, 3.8) is 0 Å². The molecule has 0 radical (unpaired) electrons. The molecule has 0 atom stereocenters. The average molecular weight is 322 g/mol. The van der Waals surface area contributed by atoms with Crippen LogP contribution in [-0.4, -0.2) is 42.4 Å². The second-order valence-electron chi connectivity index (χ2n) is 4.93. The Morgan fingerprint density at radius 3 is 2.45 bits per heavy atom. The summed E-state index contributed by atoms with van der Waals surface area (Å²) in [4.78, 5) is 12.2. The monoisotopic (exact) mass is 322 g/mol. The summed E-state index contributed by atoms with van der Waals surface area (Å²) in [5.41, 5.74) is 1.95. The molecule has 1 aromatic carbocycles. The second-order valence-corrected chi connectivity index (χ2v) is 6.98. The van der Waals surface area contributed by atoms with Crippen molar-refractivity contribution in [2.45, 2.75) is 18.7 Å². The van der Waals surface area contributed by atoms with E-state index in [2.05, 4.69) is 15.5 Å². The molecule has 7 nitrogen and oxygen atoms in total. The first-order valence-corrected chi connectivity index (χ1v) is 8.09. The highest BCUT2D eigenvalue weighted by Crippen LogP contribution is 2.17. The smallest absolute Gasteiger partial charge is 0.243 e. The van der Waals surface area contributed by atoms with E-state index in [0.717, 1.165) is 10.00 Å².